The van der Waals surface area contributed by atoms with Crippen molar-refractivity contribution in [3.8, 4) is 0 Å². The summed E-state index contributed by atoms with van der Waals surface area (Å²) >= 11 is 12.1. The fraction of sp³-hybridized carbons (Fsp3) is 0.417. The van der Waals surface area contributed by atoms with Gasteiger partial charge in [0.2, 0.25) is 0 Å². The third kappa shape index (κ3) is 2.41. The summed E-state index contributed by atoms with van der Waals surface area (Å²) < 4.78 is 0. The maximum atomic E-state index is 10.7. The van der Waals surface area contributed by atoms with Gasteiger partial charge in [0.15, 0.2) is 0 Å². The average molecular weight is 274 g/mol. The number of halogens is 2. The number of benzene rings is 1. The minimum Gasteiger partial charge on any atom is -0.481 e. The summed E-state index contributed by atoms with van der Waals surface area (Å²) in [6.45, 7) is 3.15. The van der Waals surface area contributed by atoms with Gasteiger partial charge >= 0.3 is 5.97 Å². The smallest absolute Gasteiger partial charge is 0.309 e. The molecule has 0 aliphatic carbocycles. The van der Waals surface area contributed by atoms with Gasteiger partial charge in [-0.05, 0) is 18.6 Å². The van der Waals surface area contributed by atoms with Crippen molar-refractivity contribution in [2.45, 2.75) is 13.0 Å². The van der Waals surface area contributed by atoms with Crippen molar-refractivity contribution in [3.63, 3.8) is 0 Å². The van der Waals surface area contributed by atoms with E-state index in [2.05, 4.69) is 4.90 Å². The van der Waals surface area contributed by atoms with Crippen molar-refractivity contribution in [2.75, 3.05) is 13.1 Å². The van der Waals surface area contributed by atoms with Gasteiger partial charge in [0.1, 0.15) is 0 Å². The molecular weight excluding hydrogens is 261 g/mol. The lowest BCUT2D eigenvalue weighted by atomic mass is 9.95. The van der Waals surface area contributed by atoms with Crippen LogP contribution in [0.4, 0.5) is 0 Å². The molecule has 17 heavy (non-hydrogen) atoms. The standard InChI is InChI=1S/C12H13Cl2NO2/c1-7(15-5-8(6-15)12(16)17)9-3-2-4-10(13)11(9)14/h2-4,7-8H,5-6H2,1H3,(H,16,17). The Morgan fingerprint density at radius 2 is 2.12 bits per heavy atom. The predicted octanol–water partition coefficient (Wildman–Crippen LogP) is 3.07. The molecular formula is C12H13Cl2NO2. The molecule has 0 radical (unpaired) electrons. The molecule has 1 heterocycles. The molecule has 0 saturated carbocycles. The van der Waals surface area contributed by atoms with Gasteiger partial charge in [0, 0.05) is 19.1 Å². The fourth-order valence-corrected chi connectivity index (χ4v) is 2.49. The number of aliphatic carboxylic acids is 1. The summed E-state index contributed by atoms with van der Waals surface area (Å²) in [5.74, 6) is -0.985. The van der Waals surface area contributed by atoms with Crippen LogP contribution < -0.4 is 0 Å². The zero-order chi connectivity index (χ0) is 12.6. The summed E-state index contributed by atoms with van der Waals surface area (Å²) in [6.07, 6.45) is 0. The Morgan fingerprint density at radius 3 is 2.71 bits per heavy atom. The summed E-state index contributed by atoms with van der Waals surface area (Å²) in [6, 6.07) is 5.62. The Kier molecular flexibility index (Phi) is 3.61. The third-order valence-electron chi connectivity index (χ3n) is 3.24. The first-order valence-electron chi connectivity index (χ1n) is 5.41. The zero-order valence-electron chi connectivity index (χ0n) is 9.36. The highest BCUT2D eigenvalue weighted by molar-refractivity contribution is 6.42. The van der Waals surface area contributed by atoms with E-state index in [4.69, 9.17) is 28.3 Å². The number of hydrogen-bond acceptors (Lipinski definition) is 2. The molecule has 0 bridgehead atoms. The summed E-state index contributed by atoms with van der Waals surface area (Å²) in [5, 5.41) is 9.92. The molecule has 1 aromatic carbocycles. The molecule has 1 aliphatic heterocycles. The first-order chi connectivity index (χ1) is 8.00. The highest BCUT2D eigenvalue weighted by Crippen LogP contribution is 2.35. The number of hydrogen-bond donors (Lipinski definition) is 1. The van der Waals surface area contributed by atoms with Crippen LogP contribution in [-0.2, 0) is 4.79 Å². The molecule has 1 N–H and O–H groups in total. The largest absolute Gasteiger partial charge is 0.481 e. The molecule has 0 spiro atoms. The number of nitrogens with zero attached hydrogens (tertiary/aromatic N) is 1. The summed E-state index contributed by atoms with van der Waals surface area (Å²) in [4.78, 5) is 12.8. The second-order valence-corrected chi connectivity index (χ2v) is 5.09. The van der Waals surface area contributed by atoms with E-state index >= 15 is 0 Å². The van der Waals surface area contributed by atoms with Crippen LogP contribution in [0, 0.1) is 5.92 Å². The van der Waals surface area contributed by atoms with Crippen LogP contribution in [-0.4, -0.2) is 29.1 Å². The van der Waals surface area contributed by atoms with Crippen molar-refractivity contribution in [1.29, 1.82) is 0 Å². The monoisotopic (exact) mass is 273 g/mol. The van der Waals surface area contributed by atoms with E-state index in [9.17, 15) is 4.79 Å². The lowest BCUT2D eigenvalue weighted by Gasteiger charge is -2.41. The Bertz CT molecular complexity index is 444. The van der Waals surface area contributed by atoms with E-state index in [1.165, 1.54) is 0 Å². The van der Waals surface area contributed by atoms with Crippen molar-refractivity contribution in [3.05, 3.63) is 33.8 Å². The van der Waals surface area contributed by atoms with Gasteiger partial charge in [-0.25, -0.2) is 0 Å². The van der Waals surface area contributed by atoms with Gasteiger partial charge in [-0.1, -0.05) is 35.3 Å². The van der Waals surface area contributed by atoms with Gasteiger partial charge in [-0.2, -0.15) is 0 Å². The molecule has 2 rings (SSSR count). The first-order valence-corrected chi connectivity index (χ1v) is 6.17. The molecule has 1 aliphatic rings. The van der Waals surface area contributed by atoms with Crippen molar-refractivity contribution < 1.29 is 9.90 Å². The second-order valence-electron chi connectivity index (χ2n) is 4.31. The topological polar surface area (TPSA) is 40.5 Å². The highest BCUT2D eigenvalue weighted by Gasteiger charge is 2.36. The number of rotatable bonds is 3. The van der Waals surface area contributed by atoms with Crippen LogP contribution >= 0.6 is 23.2 Å². The van der Waals surface area contributed by atoms with E-state index in [0.717, 1.165) is 5.56 Å². The van der Waals surface area contributed by atoms with E-state index in [0.29, 0.717) is 23.1 Å². The lowest BCUT2D eigenvalue weighted by Crippen LogP contribution is -2.51. The molecule has 1 aromatic rings. The predicted molar refractivity (Wildman–Crippen MR) is 67.6 cm³/mol. The van der Waals surface area contributed by atoms with Gasteiger partial charge in [-0.3, -0.25) is 9.69 Å². The number of carboxylic acid groups (broad SMARTS) is 1. The quantitative estimate of drug-likeness (QED) is 0.920. The van der Waals surface area contributed by atoms with Crippen molar-refractivity contribution >= 4 is 29.2 Å². The molecule has 1 unspecified atom stereocenters. The van der Waals surface area contributed by atoms with E-state index in [-0.39, 0.29) is 12.0 Å². The number of carbonyl (C=O) groups is 1. The second kappa shape index (κ2) is 4.84. The molecule has 1 fully saturated rings. The zero-order valence-corrected chi connectivity index (χ0v) is 10.9. The van der Waals surface area contributed by atoms with Gasteiger partial charge in [0.25, 0.3) is 0 Å². The molecule has 92 valence electrons. The van der Waals surface area contributed by atoms with Crippen molar-refractivity contribution in [2.24, 2.45) is 5.92 Å². The van der Waals surface area contributed by atoms with Crippen LogP contribution in [0.5, 0.6) is 0 Å². The molecule has 0 amide bonds. The SMILES string of the molecule is CC(c1cccc(Cl)c1Cl)N1CC(C(=O)O)C1. The summed E-state index contributed by atoms with van der Waals surface area (Å²) in [5.41, 5.74) is 0.947. The number of likely N-dealkylation sites (tertiary alicyclic amines) is 1. The maximum absolute atomic E-state index is 10.7. The van der Waals surface area contributed by atoms with Crippen LogP contribution in [0.3, 0.4) is 0 Å². The summed E-state index contributed by atoms with van der Waals surface area (Å²) in [7, 11) is 0. The molecule has 0 aromatic heterocycles. The molecule has 1 atom stereocenters. The van der Waals surface area contributed by atoms with E-state index in [1.54, 1.807) is 6.07 Å². The highest BCUT2D eigenvalue weighted by atomic mass is 35.5. The normalized spacial score (nSPS) is 18.8. The Labute approximate surface area is 110 Å². The minimum atomic E-state index is -0.731. The van der Waals surface area contributed by atoms with Crippen LogP contribution in [0.2, 0.25) is 10.0 Å². The van der Waals surface area contributed by atoms with Gasteiger partial charge in [-0.15, -0.1) is 0 Å². The van der Waals surface area contributed by atoms with E-state index in [1.807, 2.05) is 19.1 Å². The Morgan fingerprint density at radius 1 is 1.47 bits per heavy atom. The molecule has 5 heteroatoms. The first kappa shape index (κ1) is 12.7. The lowest BCUT2D eigenvalue weighted by molar-refractivity contribution is -0.148. The molecule has 3 nitrogen and oxygen atoms in total. The third-order valence-corrected chi connectivity index (χ3v) is 4.07. The van der Waals surface area contributed by atoms with Crippen molar-refractivity contribution in [1.82, 2.24) is 4.90 Å². The van der Waals surface area contributed by atoms with Gasteiger partial charge in [0.05, 0.1) is 16.0 Å². The number of carboxylic acids is 1. The van der Waals surface area contributed by atoms with Gasteiger partial charge < -0.3 is 5.11 Å². The van der Waals surface area contributed by atoms with E-state index < -0.39 is 5.97 Å². The van der Waals surface area contributed by atoms with Crippen LogP contribution in [0.1, 0.15) is 18.5 Å². The average Bonchev–Trinajstić information content (AvgIpc) is 2.19. The molecule has 1 saturated heterocycles. The maximum Gasteiger partial charge on any atom is 0.309 e. The minimum absolute atomic E-state index is 0.0943. The van der Waals surface area contributed by atoms with Crippen LogP contribution in [0.15, 0.2) is 18.2 Å². The Hall–Kier alpha value is -0.770. The fourth-order valence-electron chi connectivity index (χ4n) is 2.02. The van der Waals surface area contributed by atoms with Crippen LogP contribution in [0.25, 0.3) is 0 Å². The Balaban J connectivity index is 2.09.